The molecule has 24 heavy (non-hydrogen) atoms. The topological polar surface area (TPSA) is 122 Å². The fraction of sp³-hybridized carbons (Fsp3) is 0.125. The Morgan fingerprint density at radius 2 is 1.75 bits per heavy atom. The molecule has 0 atom stereocenters. The molecular weight excluding hydrogens is 316 g/mol. The number of aromatic carboxylic acids is 1. The molecule has 0 bridgehead atoms. The van der Waals surface area contributed by atoms with E-state index in [1.807, 2.05) is 0 Å². The third kappa shape index (κ3) is 3.86. The van der Waals surface area contributed by atoms with E-state index in [0.717, 1.165) is 6.07 Å². The van der Waals surface area contributed by atoms with Crippen LogP contribution in [-0.2, 0) is 4.74 Å². The van der Waals surface area contributed by atoms with E-state index < -0.39 is 22.5 Å². The Morgan fingerprint density at radius 3 is 2.29 bits per heavy atom. The SMILES string of the molecule is CCOC(=O)c1ccc(Nc2ccc(C(=O)[O-])cc2[N+](=O)[O-])cc1. The highest BCUT2D eigenvalue weighted by Gasteiger charge is 2.15. The number of ether oxygens (including phenoxy) is 1. The number of nitrogens with zero attached hydrogens (tertiary/aromatic N) is 1. The number of nitro benzene ring substituents is 1. The highest BCUT2D eigenvalue weighted by molar-refractivity contribution is 5.90. The Labute approximate surface area is 136 Å². The Kier molecular flexibility index (Phi) is 5.10. The van der Waals surface area contributed by atoms with Gasteiger partial charge in [0.05, 0.1) is 23.1 Å². The van der Waals surface area contributed by atoms with Crippen molar-refractivity contribution in [3.8, 4) is 0 Å². The molecule has 0 spiro atoms. The fourth-order valence-corrected chi connectivity index (χ4v) is 1.97. The van der Waals surface area contributed by atoms with Crippen molar-refractivity contribution in [3.05, 3.63) is 63.7 Å². The van der Waals surface area contributed by atoms with Gasteiger partial charge in [-0.25, -0.2) is 4.79 Å². The molecule has 0 saturated carbocycles. The van der Waals surface area contributed by atoms with Gasteiger partial charge in [0.1, 0.15) is 5.69 Å². The summed E-state index contributed by atoms with van der Waals surface area (Å²) in [6, 6.07) is 9.56. The van der Waals surface area contributed by atoms with Gasteiger partial charge in [0.25, 0.3) is 5.69 Å². The molecule has 0 radical (unpaired) electrons. The molecule has 0 heterocycles. The summed E-state index contributed by atoms with van der Waals surface area (Å²) in [5, 5.41) is 24.7. The number of nitrogens with one attached hydrogen (secondary N) is 1. The second-order valence-electron chi connectivity index (χ2n) is 4.70. The predicted octanol–water partition coefficient (Wildman–Crippen LogP) is 1.88. The Morgan fingerprint density at radius 1 is 1.12 bits per heavy atom. The number of carboxylic acid groups (broad SMARTS) is 1. The average Bonchev–Trinajstić information content (AvgIpc) is 2.55. The normalized spacial score (nSPS) is 10.0. The van der Waals surface area contributed by atoms with E-state index >= 15 is 0 Å². The van der Waals surface area contributed by atoms with Crippen molar-refractivity contribution in [2.75, 3.05) is 11.9 Å². The maximum Gasteiger partial charge on any atom is 0.338 e. The first-order chi connectivity index (χ1) is 11.4. The molecule has 2 aromatic carbocycles. The van der Waals surface area contributed by atoms with Crippen molar-refractivity contribution in [2.45, 2.75) is 6.92 Å². The molecule has 0 aliphatic rings. The Balaban J connectivity index is 2.26. The number of hydrogen-bond donors (Lipinski definition) is 1. The molecule has 2 aromatic rings. The molecule has 8 heteroatoms. The maximum absolute atomic E-state index is 11.6. The van der Waals surface area contributed by atoms with Crippen LogP contribution in [0.4, 0.5) is 17.1 Å². The summed E-state index contributed by atoms with van der Waals surface area (Å²) in [4.78, 5) is 32.8. The third-order valence-corrected chi connectivity index (χ3v) is 3.11. The van der Waals surface area contributed by atoms with Crippen LogP contribution in [0.3, 0.4) is 0 Å². The molecule has 0 unspecified atom stereocenters. The summed E-state index contributed by atoms with van der Waals surface area (Å²) in [6.07, 6.45) is 0. The second-order valence-corrected chi connectivity index (χ2v) is 4.70. The Bertz CT molecular complexity index is 786. The minimum atomic E-state index is -1.50. The molecule has 0 saturated heterocycles. The zero-order valence-electron chi connectivity index (χ0n) is 12.6. The minimum Gasteiger partial charge on any atom is -0.545 e. The van der Waals surface area contributed by atoms with Gasteiger partial charge in [-0.05, 0) is 37.3 Å². The molecule has 0 amide bonds. The summed E-state index contributed by atoms with van der Waals surface area (Å²) in [6.45, 7) is 1.96. The van der Waals surface area contributed by atoms with Crippen molar-refractivity contribution in [1.82, 2.24) is 0 Å². The molecule has 8 nitrogen and oxygen atoms in total. The summed E-state index contributed by atoms with van der Waals surface area (Å²) >= 11 is 0. The number of carbonyl (C=O) groups excluding carboxylic acids is 2. The van der Waals surface area contributed by atoms with Crippen LogP contribution in [0.5, 0.6) is 0 Å². The van der Waals surface area contributed by atoms with Gasteiger partial charge in [-0.3, -0.25) is 10.1 Å². The van der Waals surface area contributed by atoms with Crippen LogP contribution in [0.1, 0.15) is 27.6 Å². The first kappa shape index (κ1) is 16.9. The second kappa shape index (κ2) is 7.23. The van der Waals surface area contributed by atoms with E-state index in [1.165, 1.54) is 24.3 Å². The lowest BCUT2D eigenvalue weighted by atomic mass is 10.1. The molecule has 0 aromatic heterocycles. The molecular formula is C16H13N2O6-. The van der Waals surface area contributed by atoms with E-state index in [-0.39, 0.29) is 17.9 Å². The summed E-state index contributed by atoms with van der Waals surface area (Å²) in [5.74, 6) is -1.96. The van der Waals surface area contributed by atoms with E-state index in [0.29, 0.717) is 11.3 Å². The van der Waals surface area contributed by atoms with Crippen molar-refractivity contribution in [3.63, 3.8) is 0 Å². The lowest BCUT2D eigenvalue weighted by molar-refractivity contribution is -0.384. The van der Waals surface area contributed by atoms with Gasteiger partial charge in [-0.15, -0.1) is 0 Å². The van der Waals surface area contributed by atoms with Gasteiger partial charge in [-0.2, -0.15) is 0 Å². The van der Waals surface area contributed by atoms with Crippen LogP contribution in [0, 0.1) is 10.1 Å². The average molecular weight is 329 g/mol. The number of carboxylic acids is 1. The van der Waals surface area contributed by atoms with Crippen molar-refractivity contribution in [2.24, 2.45) is 0 Å². The monoisotopic (exact) mass is 329 g/mol. The molecule has 2 rings (SSSR count). The number of hydrogen-bond acceptors (Lipinski definition) is 7. The van der Waals surface area contributed by atoms with Crippen LogP contribution >= 0.6 is 0 Å². The smallest absolute Gasteiger partial charge is 0.338 e. The van der Waals surface area contributed by atoms with Crippen LogP contribution < -0.4 is 10.4 Å². The van der Waals surface area contributed by atoms with Gasteiger partial charge in [-0.1, -0.05) is 6.07 Å². The highest BCUT2D eigenvalue weighted by atomic mass is 16.6. The van der Waals surface area contributed by atoms with E-state index in [1.54, 1.807) is 19.1 Å². The zero-order chi connectivity index (χ0) is 17.7. The van der Waals surface area contributed by atoms with E-state index in [9.17, 15) is 24.8 Å². The van der Waals surface area contributed by atoms with Gasteiger partial charge >= 0.3 is 5.97 Å². The lowest BCUT2D eigenvalue weighted by Gasteiger charge is -2.10. The van der Waals surface area contributed by atoms with E-state index in [2.05, 4.69) is 5.32 Å². The lowest BCUT2D eigenvalue weighted by Crippen LogP contribution is -2.22. The van der Waals surface area contributed by atoms with Crippen LogP contribution in [0.25, 0.3) is 0 Å². The summed E-state index contributed by atoms with van der Waals surface area (Å²) in [7, 11) is 0. The number of carbonyl (C=O) groups is 2. The van der Waals surface area contributed by atoms with Gasteiger partial charge < -0.3 is 20.0 Å². The van der Waals surface area contributed by atoms with Crippen molar-refractivity contribution < 1.29 is 24.4 Å². The number of anilines is 2. The van der Waals surface area contributed by atoms with Crippen LogP contribution in [0.15, 0.2) is 42.5 Å². The molecule has 0 aliphatic heterocycles. The van der Waals surface area contributed by atoms with Crippen molar-refractivity contribution >= 4 is 29.0 Å². The zero-order valence-corrected chi connectivity index (χ0v) is 12.6. The number of esters is 1. The molecule has 1 N–H and O–H groups in total. The Hall–Kier alpha value is -3.42. The molecule has 0 aliphatic carbocycles. The highest BCUT2D eigenvalue weighted by Crippen LogP contribution is 2.28. The molecule has 124 valence electrons. The summed E-state index contributed by atoms with van der Waals surface area (Å²) in [5.41, 5.74) is 0.279. The van der Waals surface area contributed by atoms with Crippen LogP contribution in [0.2, 0.25) is 0 Å². The third-order valence-electron chi connectivity index (χ3n) is 3.11. The quantitative estimate of drug-likeness (QED) is 0.487. The fourth-order valence-electron chi connectivity index (χ4n) is 1.97. The van der Waals surface area contributed by atoms with Gasteiger partial charge in [0.15, 0.2) is 0 Å². The maximum atomic E-state index is 11.6. The van der Waals surface area contributed by atoms with Crippen molar-refractivity contribution in [1.29, 1.82) is 0 Å². The number of benzene rings is 2. The standard InChI is InChI=1S/C16H14N2O6/c1-2-24-16(21)10-3-6-12(7-4-10)17-13-8-5-11(15(19)20)9-14(13)18(22)23/h3-9,17H,2H2,1H3,(H,19,20)/p-1. The number of rotatable bonds is 6. The van der Waals surface area contributed by atoms with Crippen LogP contribution in [-0.4, -0.2) is 23.5 Å². The largest absolute Gasteiger partial charge is 0.545 e. The minimum absolute atomic E-state index is 0.119. The number of nitro groups is 1. The van der Waals surface area contributed by atoms with Gasteiger partial charge in [0, 0.05) is 17.3 Å². The molecule has 0 fully saturated rings. The first-order valence-corrected chi connectivity index (χ1v) is 6.96. The summed E-state index contributed by atoms with van der Waals surface area (Å²) < 4.78 is 4.86. The predicted molar refractivity (Wildman–Crippen MR) is 83.1 cm³/mol. The first-order valence-electron chi connectivity index (χ1n) is 6.96. The van der Waals surface area contributed by atoms with E-state index in [4.69, 9.17) is 4.74 Å². The van der Waals surface area contributed by atoms with Gasteiger partial charge in [0.2, 0.25) is 0 Å².